The van der Waals surface area contributed by atoms with Gasteiger partial charge in [0.15, 0.2) is 0 Å². The summed E-state index contributed by atoms with van der Waals surface area (Å²) < 4.78 is 45.8. The zero-order chi connectivity index (χ0) is 19.4. The van der Waals surface area contributed by atoms with Crippen LogP contribution < -0.4 is 10.1 Å². The fourth-order valence-electron chi connectivity index (χ4n) is 2.79. The molecule has 144 valence electrons. The van der Waals surface area contributed by atoms with Gasteiger partial charge in [0.1, 0.15) is 11.6 Å². The van der Waals surface area contributed by atoms with Crippen LogP contribution in [-0.2, 0) is 21.5 Å². The second kappa shape index (κ2) is 8.03. The lowest BCUT2D eigenvalue weighted by molar-refractivity contribution is -0.116. The first-order valence-corrected chi connectivity index (χ1v) is 9.72. The monoisotopic (exact) mass is 393 g/mol. The topological polar surface area (TPSA) is 79.0 Å². The Morgan fingerprint density at radius 3 is 2.56 bits per heavy atom. The number of rotatable bonds is 6. The first-order chi connectivity index (χ1) is 12.9. The number of ether oxygens (including phenoxy) is 1. The molecule has 0 bridgehead atoms. The van der Waals surface area contributed by atoms with Crippen molar-refractivity contribution in [3.63, 3.8) is 0 Å². The summed E-state index contributed by atoms with van der Waals surface area (Å²) in [5, 5.41) is 2.67. The molecule has 7 nitrogen and oxygen atoms in total. The molecule has 9 heteroatoms. The summed E-state index contributed by atoms with van der Waals surface area (Å²) in [6.07, 6.45) is 0. The van der Waals surface area contributed by atoms with Crippen LogP contribution in [0.5, 0.6) is 5.75 Å². The van der Waals surface area contributed by atoms with Crippen LogP contribution in [0.2, 0.25) is 0 Å². The van der Waals surface area contributed by atoms with Crippen LogP contribution in [0.25, 0.3) is 0 Å². The standard InChI is InChI=1S/C18H20FN3O4S/c1-26-17-4-2-3-16(11-17)20-18(23)13-22-10-9-21(27(22,24)25)12-14-5-7-15(19)8-6-14/h2-8,11H,9-10,12-13H2,1H3,(H,20,23). The number of anilines is 1. The SMILES string of the molecule is COc1cccc(NC(=O)CN2CCN(Cc3ccc(F)cc3)S2(=O)=O)c1. The van der Waals surface area contributed by atoms with Crippen molar-refractivity contribution < 1.29 is 22.3 Å². The number of halogens is 1. The summed E-state index contributed by atoms with van der Waals surface area (Å²) in [5.74, 6) is -0.221. The molecule has 1 fully saturated rings. The Hall–Kier alpha value is -2.49. The molecule has 2 aromatic rings. The molecule has 0 unspecified atom stereocenters. The zero-order valence-electron chi connectivity index (χ0n) is 14.8. The number of nitrogens with zero attached hydrogens (tertiary/aromatic N) is 2. The van der Waals surface area contributed by atoms with Crippen LogP contribution in [0, 0.1) is 5.82 Å². The van der Waals surface area contributed by atoms with Crippen molar-refractivity contribution in [2.24, 2.45) is 0 Å². The van der Waals surface area contributed by atoms with E-state index in [-0.39, 0.29) is 32.0 Å². The van der Waals surface area contributed by atoms with E-state index in [0.29, 0.717) is 17.0 Å². The fraction of sp³-hybridized carbons (Fsp3) is 0.278. The third kappa shape index (κ3) is 4.62. The Labute approximate surface area is 157 Å². The van der Waals surface area contributed by atoms with Crippen LogP contribution in [-0.4, -0.2) is 49.7 Å². The van der Waals surface area contributed by atoms with Crippen LogP contribution in [0.1, 0.15) is 5.56 Å². The van der Waals surface area contributed by atoms with E-state index in [0.717, 1.165) is 4.31 Å². The van der Waals surface area contributed by atoms with E-state index < -0.39 is 16.1 Å². The summed E-state index contributed by atoms with van der Waals surface area (Å²) in [6.45, 7) is 0.345. The number of carbonyl (C=O) groups excluding carboxylic acids is 1. The Morgan fingerprint density at radius 1 is 1.15 bits per heavy atom. The van der Waals surface area contributed by atoms with Gasteiger partial charge in [-0.15, -0.1) is 0 Å². The summed E-state index contributed by atoms with van der Waals surface area (Å²) in [7, 11) is -2.23. The first kappa shape index (κ1) is 19.3. The highest BCUT2D eigenvalue weighted by Gasteiger charge is 2.37. The third-order valence-electron chi connectivity index (χ3n) is 4.20. The van der Waals surface area contributed by atoms with E-state index in [1.807, 2.05) is 0 Å². The molecule has 0 aliphatic carbocycles. The lowest BCUT2D eigenvalue weighted by atomic mass is 10.2. The van der Waals surface area contributed by atoms with Crippen LogP contribution >= 0.6 is 0 Å². The molecule has 0 saturated carbocycles. The van der Waals surface area contributed by atoms with Crippen molar-refractivity contribution >= 4 is 21.8 Å². The molecule has 1 amide bonds. The summed E-state index contributed by atoms with van der Waals surface area (Å²) in [5.41, 5.74) is 1.21. The largest absolute Gasteiger partial charge is 0.497 e. The first-order valence-electron chi connectivity index (χ1n) is 8.32. The van der Waals surface area contributed by atoms with Crippen molar-refractivity contribution in [1.82, 2.24) is 8.61 Å². The molecule has 1 heterocycles. The van der Waals surface area contributed by atoms with E-state index in [1.165, 1.54) is 23.5 Å². The molecule has 1 aliphatic heterocycles. The Bertz CT molecular complexity index is 918. The summed E-state index contributed by atoms with van der Waals surface area (Å²) in [6, 6.07) is 12.5. The molecular weight excluding hydrogens is 373 g/mol. The molecule has 27 heavy (non-hydrogen) atoms. The normalized spacial score (nSPS) is 17.0. The average molecular weight is 393 g/mol. The Morgan fingerprint density at radius 2 is 1.85 bits per heavy atom. The second-order valence-electron chi connectivity index (χ2n) is 6.08. The van der Waals surface area contributed by atoms with Crippen molar-refractivity contribution in [2.45, 2.75) is 6.54 Å². The minimum absolute atomic E-state index is 0.136. The van der Waals surface area contributed by atoms with Gasteiger partial charge in [-0.3, -0.25) is 4.79 Å². The highest BCUT2D eigenvalue weighted by molar-refractivity contribution is 7.87. The lowest BCUT2D eigenvalue weighted by Crippen LogP contribution is -2.37. The molecule has 0 spiro atoms. The Balaban J connectivity index is 1.62. The maximum absolute atomic E-state index is 13.0. The highest BCUT2D eigenvalue weighted by atomic mass is 32.2. The van der Waals surface area contributed by atoms with E-state index in [1.54, 1.807) is 36.4 Å². The van der Waals surface area contributed by atoms with E-state index in [4.69, 9.17) is 4.74 Å². The quantitative estimate of drug-likeness (QED) is 0.812. The molecule has 3 rings (SSSR count). The number of methoxy groups -OCH3 is 1. The van der Waals surface area contributed by atoms with Gasteiger partial charge in [-0.25, -0.2) is 4.39 Å². The molecule has 0 atom stereocenters. The molecule has 1 aliphatic rings. The molecular formula is C18H20FN3O4S. The van der Waals surface area contributed by atoms with E-state index in [9.17, 15) is 17.6 Å². The predicted octanol–water partition coefficient (Wildman–Crippen LogP) is 1.84. The number of hydrogen-bond donors (Lipinski definition) is 1. The zero-order valence-corrected chi connectivity index (χ0v) is 15.6. The minimum Gasteiger partial charge on any atom is -0.497 e. The van der Waals surface area contributed by atoms with Crippen LogP contribution in [0.3, 0.4) is 0 Å². The van der Waals surface area contributed by atoms with Gasteiger partial charge in [-0.1, -0.05) is 18.2 Å². The van der Waals surface area contributed by atoms with Gasteiger partial charge in [0.2, 0.25) is 5.91 Å². The summed E-state index contributed by atoms with van der Waals surface area (Å²) >= 11 is 0. The van der Waals surface area contributed by atoms with Crippen molar-refractivity contribution in [3.8, 4) is 5.75 Å². The highest BCUT2D eigenvalue weighted by Crippen LogP contribution is 2.20. The lowest BCUT2D eigenvalue weighted by Gasteiger charge is -2.18. The fourth-order valence-corrected chi connectivity index (χ4v) is 4.34. The van der Waals surface area contributed by atoms with Crippen LogP contribution in [0.4, 0.5) is 10.1 Å². The van der Waals surface area contributed by atoms with Gasteiger partial charge in [0, 0.05) is 31.4 Å². The van der Waals surface area contributed by atoms with Gasteiger partial charge in [0.25, 0.3) is 10.2 Å². The van der Waals surface area contributed by atoms with E-state index >= 15 is 0 Å². The molecule has 1 N–H and O–H groups in total. The van der Waals surface area contributed by atoms with Gasteiger partial charge in [0.05, 0.1) is 13.7 Å². The van der Waals surface area contributed by atoms with Gasteiger partial charge < -0.3 is 10.1 Å². The van der Waals surface area contributed by atoms with Gasteiger partial charge >= 0.3 is 0 Å². The molecule has 0 aromatic heterocycles. The number of carbonyl (C=O) groups is 1. The predicted molar refractivity (Wildman–Crippen MR) is 98.9 cm³/mol. The number of amides is 1. The van der Waals surface area contributed by atoms with Gasteiger partial charge in [-0.2, -0.15) is 17.0 Å². The number of benzene rings is 2. The van der Waals surface area contributed by atoms with Crippen molar-refractivity contribution in [3.05, 3.63) is 59.9 Å². The van der Waals surface area contributed by atoms with E-state index in [2.05, 4.69) is 5.32 Å². The van der Waals surface area contributed by atoms with Crippen molar-refractivity contribution in [1.29, 1.82) is 0 Å². The Kier molecular flexibility index (Phi) is 5.73. The second-order valence-corrected chi connectivity index (χ2v) is 8.01. The molecule has 1 saturated heterocycles. The number of nitrogens with one attached hydrogen (secondary N) is 1. The van der Waals surface area contributed by atoms with Gasteiger partial charge in [-0.05, 0) is 29.8 Å². The maximum atomic E-state index is 13.0. The maximum Gasteiger partial charge on any atom is 0.282 e. The van der Waals surface area contributed by atoms with Crippen molar-refractivity contribution in [2.75, 3.05) is 32.1 Å². The molecule has 0 radical (unpaired) electrons. The third-order valence-corrected chi connectivity index (χ3v) is 6.13. The summed E-state index contributed by atoms with van der Waals surface area (Å²) in [4.78, 5) is 12.2. The van der Waals surface area contributed by atoms with Crippen LogP contribution in [0.15, 0.2) is 48.5 Å². The smallest absolute Gasteiger partial charge is 0.282 e. The average Bonchev–Trinajstić information content (AvgIpc) is 2.91. The number of hydrogen-bond acceptors (Lipinski definition) is 4. The molecule has 2 aromatic carbocycles. The minimum atomic E-state index is -3.75.